The van der Waals surface area contributed by atoms with Crippen LogP contribution >= 0.6 is 11.3 Å². The number of amides is 1. The molecule has 1 fully saturated rings. The van der Waals surface area contributed by atoms with Gasteiger partial charge in [-0.25, -0.2) is 0 Å². The Morgan fingerprint density at radius 2 is 2.14 bits per heavy atom. The molecule has 2 rings (SSSR count). The third-order valence-corrected chi connectivity index (χ3v) is 4.94. The fraction of sp³-hybridized carbons (Fsp3) is 0.643. The fourth-order valence-electron chi connectivity index (χ4n) is 2.47. The molecule has 0 spiro atoms. The Kier molecular flexibility index (Phi) is 4.82. The molecule has 0 radical (unpaired) electrons. The summed E-state index contributed by atoms with van der Waals surface area (Å²) in [4.78, 5) is 38.0. The summed E-state index contributed by atoms with van der Waals surface area (Å²) in [7, 11) is 1.66. The maximum atomic E-state index is 12.5. The van der Waals surface area contributed by atoms with Gasteiger partial charge >= 0.3 is 10.8 Å². The largest absolute Gasteiger partial charge is 0.466 e. The summed E-state index contributed by atoms with van der Waals surface area (Å²) >= 11 is 0.963. The van der Waals surface area contributed by atoms with Crippen LogP contribution in [0.1, 0.15) is 35.1 Å². The molecule has 116 valence electrons. The van der Waals surface area contributed by atoms with Crippen molar-refractivity contribution in [2.75, 3.05) is 19.7 Å². The minimum Gasteiger partial charge on any atom is -0.466 e. The van der Waals surface area contributed by atoms with Crippen molar-refractivity contribution in [3.63, 3.8) is 0 Å². The zero-order valence-corrected chi connectivity index (χ0v) is 13.4. The lowest BCUT2D eigenvalue weighted by Gasteiger charge is -2.31. The van der Waals surface area contributed by atoms with E-state index >= 15 is 0 Å². The van der Waals surface area contributed by atoms with E-state index in [0.717, 1.165) is 24.2 Å². The second-order valence-electron chi connectivity index (χ2n) is 5.18. The number of hydrogen-bond donors (Lipinski definition) is 0. The van der Waals surface area contributed by atoms with Gasteiger partial charge in [0.05, 0.1) is 12.5 Å². The maximum absolute atomic E-state index is 12.5. The van der Waals surface area contributed by atoms with E-state index < -0.39 is 0 Å². The second kappa shape index (κ2) is 6.43. The Balaban J connectivity index is 2.14. The molecule has 0 saturated carbocycles. The third-order valence-electron chi connectivity index (χ3n) is 3.82. The van der Waals surface area contributed by atoms with Gasteiger partial charge in [0, 0.05) is 25.8 Å². The zero-order valence-electron chi connectivity index (χ0n) is 12.5. The van der Waals surface area contributed by atoms with Gasteiger partial charge in [0.2, 0.25) is 0 Å². The first-order valence-corrected chi connectivity index (χ1v) is 7.89. The number of hydrogen-bond acceptors (Lipinski definition) is 5. The molecule has 21 heavy (non-hydrogen) atoms. The fourth-order valence-corrected chi connectivity index (χ4v) is 3.42. The molecule has 7 heteroatoms. The van der Waals surface area contributed by atoms with Crippen molar-refractivity contribution in [2.45, 2.75) is 26.7 Å². The minimum absolute atomic E-state index is 0.144. The molecule has 0 aromatic carbocycles. The molecular formula is C14H20N2O4S. The van der Waals surface area contributed by atoms with Gasteiger partial charge in [0.25, 0.3) is 5.91 Å². The molecule has 1 amide bonds. The lowest BCUT2D eigenvalue weighted by Crippen LogP contribution is -2.42. The minimum atomic E-state index is -0.261. The number of ether oxygens (including phenoxy) is 1. The van der Waals surface area contributed by atoms with Gasteiger partial charge in [-0.1, -0.05) is 11.3 Å². The number of piperidine rings is 1. The van der Waals surface area contributed by atoms with E-state index in [2.05, 4.69) is 0 Å². The average Bonchev–Trinajstić information content (AvgIpc) is 2.74. The van der Waals surface area contributed by atoms with Gasteiger partial charge < -0.3 is 14.2 Å². The average molecular weight is 312 g/mol. The molecule has 1 saturated heterocycles. The van der Waals surface area contributed by atoms with E-state index in [4.69, 9.17) is 4.74 Å². The van der Waals surface area contributed by atoms with Crippen molar-refractivity contribution in [2.24, 2.45) is 13.0 Å². The summed E-state index contributed by atoms with van der Waals surface area (Å²) < 4.78 is 6.51. The highest BCUT2D eigenvalue weighted by atomic mass is 32.1. The van der Waals surface area contributed by atoms with Gasteiger partial charge in [-0.15, -0.1) is 0 Å². The van der Waals surface area contributed by atoms with Crippen LogP contribution in [0.2, 0.25) is 0 Å². The van der Waals surface area contributed by atoms with Crippen LogP contribution < -0.4 is 4.87 Å². The molecule has 1 unspecified atom stereocenters. The van der Waals surface area contributed by atoms with Crippen molar-refractivity contribution in [3.05, 3.63) is 20.2 Å². The van der Waals surface area contributed by atoms with Crippen molar-refractivity contribution in [1.29, 1.82) is 0 Å². The molecule has 2 heterocycles. The highest BCUT2D eigenvalue weighted by Gasteiger charge is 2.31. The zero-order chi connectivity index (χ0) is 15.6. The van der Waals surface area contributed by atoms with Crippen LogP contribution in [0.5, 0.6) is 0 Å². The van der Waals surface area contributed by atoms with Gasteiger partial charge in [0.15, 0.2) is 0 Å². The standard InChI is InChI=1S/C14H20N2O4S/c1-4-20-13(18)10-6-5-7-16(8-10)12(17)11-9(2)15(3)14(19)21-11/h10H,4-8H2,1-3H3. The molecule has 1 atom stereocenters. The van der Waals surface area contributed by atoms with Crippen molar-refractivity contribution in [1.82, 2.24) is 9.47 Å². The van der Waals surface area contributed by atoms with Gasteiger partial charge in [0.1, 0.15) is 4.88 Å². The molecule has 6 nitrogen and oxygen atoms in total. The molecule has 0 N–H and O–H groups in total. The SMILES string of the molecule is CCOC(=O)C1CCCN(C(=O)c2sc(=O)n(C)c2C)C1. The molecule has 0 bridgehead atoms. The summed E-state index contributed by atoms with van der Waals surface area (Å²) in [6.07, 6.45) is 1.52. The quantitative estimate of drug-likeness (QED) is 0.786. The normalized spacial score (nSPS) is 18.6. The molecule has 1 aliphatic heterocycles. The molecular weight excluding hydrogens is 292 g/mol. The predicted molar refractivity (Wildman–Crippen MR) is 79.6 cm³/mol. The van der Waals surface area contributed by atoms with E-state index in [-0.39, 0.29) is 22.7 Å². The highest BCUT2D eigenvalue weighted by molar-refractivity contribution is 7.11. The Morgan fingerprint density at radius 3 is 2.71 bits per heavy atom. The van der Waals surface area contributed by atoms with E-state index in [0.29, 0.717) is 30.3 Å². The van der Waals surface area contributed by atoms with E-state index in [9.17, 15) is 14.4 Å². The van der Waals surface area contributed by atoms with Gasteiger partial charge in [-0.3, -0.25) is 14.4 Å². The Bertz CT molecular complexity index is 605. The summed E-state index contributed by atoms with van der Waals surface area (Å²) in [5.41, 5.74) is 0.674. The second-order valence-corrected chi connectivity index (χ2v) is 6.15. The van der Waals surface area contributed by atoms with E-state index in [1.165, 1.54) is 4.57 Å². The summed E-state index contributed by atoms with van der Waals surface area (Å²) in [6.45, 7) is 4.87. The maximum Gasteiger partial charge on any atom is 0.310 e. The van der Waals surface area contributed by atoms with Crippen LogP contribution in [0.4, 0.5) is 0 Å². The number of likely N-dealkylation sites (tertiary alicyclic amines) is 1. The summed E-state index contributed by atoms with van der Waals surface area (Å²) in [5, 5.41) is 0. The monoisotopic (exact) mass is 312 g/mol. The molecule has 1 aliphatic rings. The summed E-state index contributed by atoms with van der Waals surface area (Å²) in [6, 6.07) is 0. The van der Waals surface area contributed by atoms with Crippen LogP contribution in [0, 0.1) is 12.8 Å². The number of thiazole rings is 1. The van der Waals surface area contributed by atoms with E-state index in [1.54, 1.807) is 25.8 Å². The Hall–Kier alpha value is -1.63. The Labute approximate surface area is 127 Å². The van der Waals surface area contributed by atoms with Gasteiger partial charge in [-0.2, -0.15) is 0 Å². The van der Waals surface area contributed by atoms with Crippen LogP contribution in [-0.2, 0) is 16.6 Å². The molecule has 1 aromatic heterocycles. The Morgan fingerprint density at radius 1 is 1.43 bits per heavy atom. The third kappa shape index (κ3) is 3.18. The first-order valence-electron chi connectivity index (χ1n) is 7.08. The summed E-state index contributed by atoms with van der Waals surface area (Å²) in [5.74, 6) is -0.666. The predicted octanol–water partition coefficient (Wildman–Crippen LogP) is 1.17. The molecule has 0 aliphatic carbocycles. The number of nitrogens with zero attached hydrogens (tertiary/aromatic N) is 2. The van der Waals surface area contributed by atoms with Crippen LogP contribution in [-0.4, -0.2) is 41.0 Å². The number of carbonyl (C=O) groups excluding carboxylic acids is 2. The van der Waals surface area contributed by atoms with Crippen molar-refractivity contribution >= 4 is 23.2 Å². The van der Waals surface area contributed by atoms with Crippen LogP contribution in [0.3, 0.4) is 0 Å². The lowest BCUT2D eigenvalue weighted by molar-refractivity contribution is -0.149. The number of aromatic nitrogens is 1. The highest BCUT2D eigenvalue weighted by Crippen LogP contribution is 2.22. The topological polar surface area (TPSA) is 68.6 Å². The number of rotatable bonds is 3. The first-order chi connectivity index (χ1) is 9.95. The smallest absolute Gasteiger partial charge is 0.310 e. The van der Waals surface area contributed by atoms with Crippen LogP contribution in [0.25, 0.3) is 0 Å². The van der Waals surface area contributed by atoms with Gasteiger partial charge in [-0.05, 0) is 26.7 Å². The van der Waals surface area contributed by atoms with E-state index in [1.807, 2.05) is 0 Å². The lowest BCUT2D eigenvalue weighted by atomic mass is 9.98. The number of esters is 1. The number of carbonyl (C=O) groups is 2. The van der Waals surface area contributed by atoms with Crippen molar-refractivity contribution in [3.8, 4) is 0 Å². The molecule has 1 aromatic rings. The van der Waals surface area contributed by atoms with Crippen LogP contribution in [0.15, 0.2) is 4.79 Å². The van der Waals surface area contributed by atoms with Crippen molar-refractivity contribution < 1.29 is 14.3 Å². The first kappa shape index (κ1) is 15.8.